The van der Waals surface area contributed by atoms with Gasteiger partial charge in [-0.05, 0) is 6.42 Å². The molecule has 0 aromatic heterocycles. The van der Waals surface area contributed by atoms with Crippen LogP contribution in [0.1, 0.15) is 13.3 Å². The van der Waals surface area contributed by atoms with Crippen LogP contribution >= 0.6 is 11.8 Å². The van der Waals surface area contributed by atoms with E-state index in [-0.39, 0.29) is 35.1 Å². The summed E-state index contributed by atoms with van der Waals surface area (Å²) in [6.45, 7) is 3.74. The van der Waals surface area contributed by atoms with E-state index in [1.807, 2.05) is 6.92 Å². The van der Waals surface area contributed by atoms with E-state index in [1.54, 1.807) is 11.9 Å². The number of hydrogen-bond donors (Lipinski definition) is 2. The fourth-order valence-corrected chi connectivity index (χ4v) is 2.53. The van der Waals surface area contributed by atoms with Crippen LogP contribution in [0.25, 0.3) is 0 Å². The number of likely N-dealkylation sites (tertiary alicyclic amines) is 1. The number of carbonyl (C=O) groups is 3. The third kappa shape index (κ3) is 5.50. The largest absolute Gasteiger partial charge is 0.358 e. The van der Waals surface area contributed by atoms with E-state index in [9.17, 15) is 14.4 Å². The molecule has 108 valence electrons. The summed E-state index contributed by atoms with van der Waals surface area (Å²) in [7, 11) is 1.57. The second kappa shape index (κ2) is 8.04. The highest BCUT2D eigenvalue weighted by Crippen LogP contribution is 2.15. The second-order valence-electron chi connectivity index (χ2n) is 4.53. The third-order valence-corrected chi connectivity index (χ3v) is 3.95. The maximum Gasteiger partial charge on any atom is 0.230 e. The number of hydrogen-bond acceptors (Lipinski definition) is 4. The van der Waals surface area contributed by atoms with Crippen LogP contribution in [-0.4, -0.2) is 60.8 Å². The predicted octanol–water partition coefficient (Wildman–Crippen LogP) is -0.550. The van der Waals surface area contributed by atoms with Crippen LogP contribution in [0.15, 0.2) is 0 Å². The Labute approximate surface area is 117 Å². The predicted molar refractivity (Wildman–Crippen MR) is 74.8 cm³/mol. The first-order valence-electron chi connectivity index (χ1n) is 6.38. The normalized spacial score (nSPS) is 18.5. The monoisotopic (exact) mass is 287 g/mol. The van der Waals surface area contributed by atoms with Gasteiger partial charge in [0.2, 0.25) is 17.7 Å². The number of amides is 3. The highest BCUT2D eigenvalue weighted by atomic mass is 32.2. The summed E-state index contributed by atoms with van der Waals surface area (Å²) in [5.41, 5.74) is 0. The lowest BCUT2D eigenvalue weighted by atomic mass is 10.1. The average molecular weight is 287 g/mol. The Bertz CT molecular complexity index is 349. The number of rotatable bonds is 7. The fraction of sp³-hybridized carbons (Fsp3) is 0.750. The van der Waals surface area contributed by atoms with Crippen molar-refractivity contribution < 1.29 is 14.4 Å². The van der Waals surface area contributed by atoms with E-state index in [1.165, 1.54) is 11.8 Å². The summed E-state index contributed by atoms with van der Waals surface area (Å²) in [4.78, 5) is 35.8. The van der Waals surface area contributed by atoms with Gasteiger partial charge in [0.15, 0.2) is 0 Å². The first kappa shape index (κ1) is 15.8. The van der Waals surface area contributed by atoms with E-state index in [0.717, 1.165) is 13.0 Å². The highest BCUT2D eigenvalue weighted by Gasteiger charge is 2.27. The van der Waals surface area contributed by atoms with Crippen molar-refractivity contribution in [3.05, 3.63) is 0 Å². The van der Waals surface area contributed by atoms with Gasteiger partial charge in [0.25, 0.3) is 0 Å². The van der Waals surface area contributed by atoms with Crippen LogP contribution in [-0.2, 0) is 14.4 Å². The highest BCUT2D eigenvalue weighted by molar-refractivity contribution is 8.00. The minimum Gasteiger partial charge on any atom is -0.358 e. The molecule has 1 aliphatic rings. The van der Waals surface area contributed by atoms with E-state index in [4.69, 9.17) is 0 Å². The molecule has 0 saturated carbocycles. The van der Waals surface area contributed by atoms with Gasteiger partial charge in [-0.1, -0.05) is 6.92 Å². The van der Waals surface area contributed by atoms with Gasteiger partial charge in [-0.15, -0.1) is 11.8 Å². The van der Waals surface area contributed by atoms with Crippen molar-refractivity contribution in [2.24, 2.45) is 5.92 Å². The van der Waals surface area contributed by atoms with Gasteiger partial charge in [-0.3, -0.25) is 14.4 Å². The summed E-state index contributed by atoms with van der Waals surface area (Å²) >= 11 is 1.27. The van der Waals surface area contributed by atoms with Gasteiger partial charge < -0.3 is 15.5 Å². The Hall–Kier alpha value is -1.24. The molecule has 1 fully saturated rings. The minimum absolute atomic E-state index is 0.0885. The zero-order valence-corrected chi connectivity index (χ0v) is 12.2. The molecule has 2 N–H and O–H groups in total. The molecule has 0 aromatic carbocycles. The van der Waals surface area contributed by atoms with E-state index < -0.39 is 0 Å². The fourth-order valence-electron chi connectivity index (χ4n) is 1.81. The molecule has 6 nitrogen and oxygen atoms in total. The van der Waals surface area contributed by atoms with Crippen molar-refractivity contribution in [3.63, 3.8) is 0 Å². The lowest BCUT2D eigenvalue weighted by Crippen LogP contribution is -2.37. The molecule has 0 aliphatic carbocycles. The second-order valence-corrected chi connectivity index (χ2v) is 5.52. The molecule has 1 aliphatic heterocycles. The molecule has 1 atom stereocenters. The zero-order chi connectivity index (χ0) is 14.3. The molecule has 0 aromatic rings. The van der Waals surface area contributed by atoms with Crippen LogP contribution in [0.5, 0.6) is 0 Å². The maximum absolute atomic E-state index is 11.6. The molecular formula is C12H21N3O3S. The van der Waals surface area contributed by atoms with E-state index in [0.29, 0.717) is 13.1 Å². The zero-order valence-electron chi connectivity index (χ0n) is 11.4. The van der Waals surface area contributed by atoms with Crippen molar-refractivity contribution >= 4 is 29.5 Å². The molecule has 7 heteroatoms. The molecule has 0 radical (unpaired) electrons. The van der Waals surface area contributed by atoms with Crippen LogP contribution in [0.2, 0.25) is 0 Å². The first-order valence-corrected chi connectivity index (χ1v) is 7.54. The Balaban J connectivity index is 2.07. The van der Waals surface area contributed by atoms with Crippen molar-refractivity contribution in [2.45, 2.75) is 13.3 Å². The quantitative estimate of drug-likeness (QED) is 0.658. The van der Waals surface area contributed by atoms with Gasteiger partial charge in [0, 0.05) is 32.6 Å². The smallest absolute Gasteiger partial charge is 0.230 e. The van der Waals surface area contributed by atoms with Gasteiger partial charge in [-0.25, -0.2) is 0 Å². The summed E-state index contributed by atoms with van der Waals surface area (Å²) < 4.78 is 0. The van der Waals surface area contributed by atoms with E-state index >= 15 is 0 Å². The molecule has 0 spiro atoms. The van der Waals surface area contributed by atoms with Gasteiger partial charge >= 0.3 is 0 Å². The van der Waals surface area contributed by atoms with Crippen molar-refractivity contribution in [1.82, 2.24) is 15.5 Å². The SMILES string of the molecule is CNC(=O)CSCC(=O)NCCN1CC[C@H](C)C1=O. The van der Waals surface area contributed by atoms with Crippen molar-refractivity contribution in [2.75, 3.05) is 38.2 Å². The minimum atomic E-state index is -0.103. The summed E-state index contributed by atoms with van der Waals surface area (Å²) in [6.07, 6.45) is 0.898. The Kier molecular flexibility index (Phi) is 6.69. The van der Waals surface area contributed by atoms with Gasteiger partial charge in [0.1, 0.15) is 0 Å². The molecule has 0 bridgehead atoms. The van der Waals surface area contributed by atoms with Gasteiger partial charge in [-0.2, -0.15) is 0 Å². The number of nitrogens with zero attached hydrogens (tertiary/aromatic N) is 1. The van der Waals surface area contributed by atoms with Crippen molar-refractivity contribution in [1.29, 1.82) is 0 Å². The third-order valence-electron chi connectivity index (χ3n) is 3.01. The van der Waals surface area contributed by atoms with Gasteiger partial charge in [0.05, 0.1) is 11.5 Å². The molecule has 1 saturated heterocycles. The number of nitrogens with one attached hydrogen (secondary N) is 2. The average Bonchev–Trinajstić information content (AvgIpc) is 2.70. The van der Waals surface area contributed by atoms with Crippen molar-refractivity contribution in [3.8, 4) is 0 Å². The molecule has 1 rings (SSSR count). The van der Waals surface area contributed by atoms with Crippen LogP contribution in [0.4, 0.5) is 0 Å². The number of carbonyl (C=O) groups excluding carboxylic acids is 3. The topological polar surface area (TPSA) is 78.5 Å². The van der Waals surface area contributed by atoms with Crippen LogP contribution < -0.4 is 10.6 Å². The number of thioether (sulfide) groups is 1. The standard InChI is InChI=1S/C12H21N3O3S/c1-9-3-5-15(12(9)18)6-4-14-11(17)8-19-7-10(16)13-2/h9H,3-8H2,1-2H3,(H,13,16)(H,14,17)/t9-/m0/s1. The Morgan fingerprint density at radius 2 is 2.05 bits per heavy atom. The molecule has 3 amide bonds. The molecule has 1 heterocycles. The maximum atomic E-state index is 11.6. The molecule has 19 heavy (non-hydrogen) atoms. The molecule has 0 unspecified atom stereocenters. The lowest BCUT2D eigenvalue weighted by Gasteiger charge is -2.16. The summed E-state index contributed by atoms with van der Waals surface area (Å²) in [5.74, 6) is 0.634. The van der Waals surface area contributed by atoms with Crippen LogP contribution in [0.3, 0.4) is 0 Å². The summed E-state index contributed by atoms with van der Waals surface area (Å²) in [5, 5.41) is 5.24. The Morgan fingerprint density at radius 3 is 2.63 bits per heavy atom. The summed E-state index contributed by atoms with van der Waals surface area (Å²) in [6, 6.07) is 0. The Morgan fingerprint density at radius 1 is 1.37 bits per heavy atom. The molecular weight excluding hydrogens is 266 g/mol. The van der Waals surface area contributed by atoms with E-state index in [2.05, 4.69) is 10.6 Å². The first-order chi connectivity index (χ1) is 9.04. The lowest BCUT2D eigenvalue weighted by molar-refractivity contribution is -0.130. The van der Waals surface area contributed by atoms with Crippen LogP contribution in [0, 0.1) is 5.92 Å².